The summed E-state index contributed by atoms with van der Waals surface area (Å²) in [5.74, 6) is -0.351. The van der Waals surface area contributed by atoms with Crippen LogP contribution in [0.15, 0.2) is 24.3 Å². The molecular formula is C13H11FN2OS. The van der Waals surface area contributed by atoms with Crippen LogP contribution in [0, 0.1) is 5.82 Å². The maximum atomic E-state index is 12.9. The van der Waals surface area contributed by atoms with Gasteiger partial charge in [-0.3, -0.25) is 4.79 Å². The van der Waals surface area contributed by atoms with Crippen molar-refractivity contribution >= 4 is 17.2 Å². The van der Waals surface area contributed by atoms with Crippen molar-refractivity contribution in [3.63, 3.8) is 0 Å². The van der Waals surface area contributed by atoms with Crippen LogP contribution in [-0.4, -0.2) is 10.9 Å². The fourth-order valence-electron chi connectivity index (χ4n) is 1.88. The number of carbonyl (C=O) groups is 1. The second-order valence-corrected chi connectivity index (χ2v) is 5.38. The number of hydrogen-bond acceptors (Lipinski definition) is 3. The van der Waals surface area contributed by atoms with Crippen LogP contribution in [0.25, 0.3) is 10.4 Å². The van der Waals surface area contributed by atoms with E-state index in [0.717, 1.165) is 29.0 Å². The molecule has 1 fully saturated rings. The number of carbonyl (C=O) groups excluding carboxylic acids is 1. The predicted molar refractivity (Wildman–Crippen MR) is 68.0 cm³/mol. The van der Waals surface area contributed by atoms with E-state index >= 15 is 0 Å². The van der Waals surface area contributed by atoms with Gasteiger partial charge in [-0.25, -0.2) is 9.37 Å². The van der Waals surface area contributed by atoms with Crippen molar-refractivity contribution < 1.29 is 9.18 Å². The van der Waals surface area contributed by atoms with Gasteiger partial charge in [0.1, 0.15) is 5.82 Å². The average Bonchev–Trinajstić information content (AvgIpc) is 3.09. The summed E-state index contributed by atoms with van der Waals surface area (Å²) in [7, 11) is 0. The monoisotopic (exact) mass is 262 g/mol. The first-order valence-electron chi connectivity index (χ1n) is 5.71. The Morgan fingerprint density at radius 3 is 2.56 bits per heavy atom. The number of halogens is 1. The summed E-state index contributed by atoms with van der Waals surface area (Å²) in [5.41, 5.74) is 7.09. The third-order valence-corrected chi connectivity index (χ3v) is 4.07. The summed E-state index contributed by atoms with van der Waals surface area (Å²) >= 11 is 1.29. The molecule has 1 amide bonds. The highest BCUT2D eigenvalue weighted by Gasteiger charge is 2.30. The number of amides is 1. The Labute approximate surface area is 107 Å². The van der Waals surface area contributed by atoms with Crippen LogP contribution in [0.5, 0.6) is 0 Å². The summed E-state index contributed by atoms with van der Waals surface area (Å²) in [4.78, 5) is 16.5. The summed E-state index contributed by atoms with van der Waals surface area (Å²) in [6, 6.07) is 6.24. The zero-order chi connectivity index (χ0) is 12.7. The Morgan fingerprint density at radius 2 is 2.00 bits per heavy atom. The van der Waals surface area contributed by atoms with Crippen molar-refractivity contribution in [2.24, 2.45) is 5.73 Å². The van der Waals surface area contributed by atoms with E-state index in [0.29, 0.717) is 10.9 Å². The fraction of sp³-hybridized carbons (Fsp3) is 0.231. The van der Waals surface area contributed by atoms with Crippen molar-refractivity contribution in [2.45, 2.75) is 18.8 Å². The highest BCUT2D eigenvalue weighted by Crippen LogP contribution is 2.46. The smallest absolute Gasteiger partial charge is 0.277 e. The van der Waals surface area contributed by atoms with Gasteiger partial charge >= 0.3 is 0 Å². The second-order valence-electron chi connectivity index (χ2n) is 4.38. The Balaban J connectivity index is 2.09. The zero-order valence-electron chi connectivity index (χ0n) is 9.52. The second kappa shape index (κ2) is 4.17. The summed E-state index contributed by atoms with van der Waals surface area (Å²) in [6.45, 7) is 0. The number of nitrogens with zero attached hydrogens (tertiary/aromatic N) is 1. The lowest BCUT2D eigenvalue weighted by atomic mass is 10.1. The minimum atomic E-state index is -0.504. The zero-order valence-corrected chi connectivity index (χ0v) is 10.3. The molecule has 2 N–H and O–H groups in total. The van der Waals surface area contributed by atoms with Gasteiger partial charge in [-0.05, 0) is 30.5 Å². The van der Waals surface area contributed by atoms with Gasteiger partial charge in [0.05, 0.1) is 10.6 Å². The van der Waals surface area contributed by atoms with E-state index < -0.39 is 5.91 Å². The van der Waals surface area contributed by atoms with Crippen LogP contribution in [-0.2, 0) is 0 Å². The van der Waals surface area contributed by atoms with Crippen molar-refractivity contribution in [1.82, 2.24) is 4.98 Å². The molecule has 1 saturated carbocycles. The molecule has 0 bridgehead atoms. The molecule has 0 spiro atoms. The highest BCUT2D eigenvalue weighted by molar-refractivity contribution is 7.17. The quantitative estimate of drug-likeness (QED) is 0.924. The SMILES string of the molecule is NC(=O)c1nc(C2CC2)c(-c2ccc(F)cc2)s1. The molecule has 0 radical (unpaired) electrons. The van der Waals surface area contributed by atoms with Gasteiger partial charge in [0, 0.05) is 5.92 Å². The topological polar surface area (TPSA) is 56.0 Å². The molecule has 1 aliphatic rings. The lowest BCUT2D eigenvalue weighted by Crippen LogP contribution is -2.10. The number of hydrogen-bond donors (Lipinski definition) is 1. The first-order valence-corrected chi connectivity index (χ1v) is 6.53. The van der Waals surface area contributed by atoms with E-state index in [-0.39, 0.29) is 5.82 Å². The number of nitrogens with two attached hydrogens (primary N) is 1. The average molecular weight is 262 g/mol. The van der Waals surface area contributed by atoms with Crippen molar-refractivity contribution in [2.75, 3.05) is 0 Å². The van der Waals surface area contributed by atoms with Crippen LogP contribution < -0.4 is 5.73 Å². The van der Waals surface area contributed by atoms with Gasteiger partial charge in [-0.15, -0.1) is 11.3 Å². The molecule has 3 nitrogen and oxygen atoms in total. The van der Waals surface area contributed by atoms with Crippen molar-refractivity contribution in [3.05, 3.63) is 40.8 Å². The first-order chi connectivity index (χ1) is 8.65. The molecule has 18 heavy (non-hydrogen) atoms. The number of primary amides is 1. The van der Waals surface area contributed by atoms with Crippen LogP contribution in [0.3, 0.4) is 0 Å². The van der Waals surface area contributed by atoms with Gasteiger partial charge in [0.25, 0.3) is 5.91 Å². The van der Waals surface area contributed by atoms with Crippen LogP contribution in [0.4, 0.5) is 4.39 Å². The third-order valence-electron chi connectivity index (χ3n) is 2.93. The number of thiazole rings is 1. The maximum absolute atomic E-state index is 12.9. The fourth-order valence-corrected chi connectivity index (χ4v) is 2.89. The summed E-state index contributed by atoms with van der Waals surface area (Å²) in [5, 5.41) is 0.330. The predicted octanol–water partition coefficient (Wildman–Crippen LogP) is 2.93. The third kappa shape index (κ3) is 2.01. The molecule has 1 aliphatic carbocycles. The van der Waals surface area contributed by atoms with Gasteiger partial charge in [-0.2, -0.15) is 0 Å². The van der Waals surface area contributed by atoms with Gasteiger partial charge in [-0.1, -0.05) is 12.1 Å². The van der Waals surface area contributed by atoms with E-state index in [9.17, 15) is 9.18 Å². The number of aromatic nitrogens is 1. The lowest BCUT2D eigenvalue weighted by Gasteiger charge is -2.00. The molecular weight excluding hydrogens is 251 g/mol. The molecule has 1 heterocycles. The Kier molecular flexibility index (Phi) is 2.63. The minimum absolute atomic E-state index is 0.272. The summed E-state index contributed by atoms with van der Waals surface area (Å²) in [6.07, 6.45) is 2.19. The molecule has 0 aliphatic heterocycles. The number of benzene rings is 1. The number of rotatable bonds is 3. The minimum Gasteiger partial charge on any atom is -0.364 e. The van der Waals surface area contributed by atoms with Gasteiger partial charge < -0.3 is 5.73 Å². The highest BCUT2D eigenvalue weighted by atomic mass is 32.1. The molecule has 2 aromatic rings. The molecule has 0 unspecified atom stereocenters. The lowest BCUT2D eigenvalue weighted by molar-refractivity contribution is 0.1000. The largest absolute Gasteiger partial charge is 0.364 e. The van der Waals surface area contributed by atoms with E-state index in [1.807, 2.05) is 0 Å². The van der Waals surface area contributed by atoms with E-state index in [2.05, 4.69) is 4.98 Å². The van der Waals surface area contributed by atoms with E-state index in [1.165, 1.54) is 23.5 Å². The standard InChI is InChI=1S/C13H11FN2OS/c14-9-5-3-8(4-6-9)11-10(7-1-2-7)16-13(18-11)12(15)17/h3-7H,1-2H2,(H2,15,17). The molecule has 1 aromatic heterocycles. The Bertz CT molecular complexity index is 602. The first kappa shape index (κ1) is 11.3. The molecule has 92 valence electrons. The molecule has 1 aromatic carbocycles. The maximum Gasteiger partial charge on any atom is 0.277 e. The van der Waals surface area contributed by atoms with Crippen molar-refractivity contribution in [3.8, 4) is 10.4 Å². The summed E-state index contributed by atoms with van der Waals surface area (Å²) < 4.78 is 12.9. The van der Waals surface area contributed by atoms with Crippen LogP contribution in [0.2, 0.25) is 0 Å². The van der Waals surface area contributed by atoms with Gasteiger partial charge in [0.2, 0.25) is 0 Å². The van der Waals surface area contributed by atoms with Crippen molar-refractivity contribution in [1.29, 1.82) is 0 Å². The Hall–Kier alpha value is -1.75. The normalized spacial score (nSPS) is 14.7. The van der Waals surface area contributed by atoms with E-state index in [1.54, 1.807) is 12.1 Å². The molecule has 5 heteroatoms. The van der Waals surface area contributed by atoms with Crippen LogP contribution in [0.1, 0.15) is 34.3 Å². The molecule has 0 atom stereocenters. The van der Waals surface area contributed by atoms with Crippen LogP contribution >= 0.6 is 11.3 Å². The molecule has 0 saturated heterocycles. The van der Waals surface area contributed by atoms with Gasteiger partial charge in [0.15, 0.2) is 5.01 Å². The Morgan fingerprint density at radius 1 is 1.33 bits per heavy atom. The molecule has 3 rings (SSSR count). The van der Waals surface area contributed by atoms with E-state index in [4.69, 9.17) is 5.73 Å².